The number of carbonyl (C=O) groups is 1. The standard InChI is InChI=1S/C7H7NO/c1-8-7-5-2-4(9)3-6(5)7/h5-7H,2-3H2. The molecule has 0 saturated heterocycles. The van der Waals surface area contributed by atoms with Crippen molar-refractivity contribution in [1.29, 1.82) is 0 Å². The lowest BCUT2D eigenvalue weighted by Gasteiger charge is -1.87. The van der Waals surface area contributed by atoms with Gasteiger partial charge in [-0.15, -0.1) is 0 Å². The van der Waals surface area contributed by atoms with E-state index in [0.29, 0.717) is 30.5 Å². The first-order chi connectivity index (χ1) is 4.33. The Balaban J connectivity index is 2.08. The van der Waals surface area contributed by atoms with E-state index in [1.807, 2.05) is 0 Å². The Morgan fingerprint density at radius 3 is 2.44 bits per heavy atom. The number of fused-ring (bicyclic) bond motifs is 1. The Hall–Kier alpha value is -0.840. The summed E-state index contributed by atoms with van der Waals surface area (Å²) in [6.07, 6.45) is 1.38. The van der Waals surface area contributed by atoms with Crippen LogP contribution in [0.1, 0.15) is 12.8 Å². The van der Waals surface area contributed by atoms with Crippen LogP contribution in [0.4, 0.5) is 0 Å². The Morgan fingerprint density at radius 1 is 1.44 bits per heavy atom. The minimum Gasteiger partial charge on any atom is -0.313 e. The van der Waals surface area contributed by atoms with Gasteiger partial charge in [0.1, 0.15) is 5.78 Å². The molecule has 2 aliphatic carbocycles. The maximum Gasteiger partial charge on any atom is 0.231 e. The van der Waals surface area contributed by atoms with Gasteiger partial charge in [0, 0.05) is 12.8 Å². The molecule has 0 heterocycles. The zero-order chi connectivity index (χ0) is 6.43. The van der Waals surface area contributed by atoms with E-state index in [1.165, 1.54) is 0 Å². The van der Waals surface area contributed by atoms with Gasteiger partial charge in [0.2, 0.25) is 6.04 Å². The third kappa shape index (κ3) is 0.519. The highest BCUT2D eigenvalue weighted by molar-refractivity contribution is 5.83. The highest BCUT2D eigenvalue weighted by Crippen LogP contribution is 2.52. The number of hydrogen-bond acceptors (Lipinski definition) is 1. The van der Waals surface area contributed by atoms with E-state index in [9.17, 15) is 4.79 Å². The van der Waals surface area contributed by atoms with Crippen LogP contribution < -0.4 is 0 Å². The van der Waals surface area contributed by atoms with Crippen molar-refractivity contribution in [2.24, 2.45) is 11.8 Å². The molecule has 2 fully saturated rings. The van der Waals surface area contributed by atoms with E-state index in [1.54, 1.807) is 0 Å². The zero-order valence-corrected chi connectivity index (χ0v) is 5.00. The zero-order valence-electron chi connectivity index (χ0n) is 5.00. The molecule has 2 aliphatic rings. The van der Waals surface area contributed by atoms with Crippen molar-refractivity contribution < 1.29 is 4.79 Å². The van der Waals surface area contributed by atoms with Gasteiger partial charge in [0.25, 0.3) is 0 Å². The Kier molecular flexibility index (Phi) is 0.751. The molecule has 2 rings (SSSR count). The fourth-order valence-corrected chi connectivity index (χ4v) is 1.77. The average molecular weight is 121 g/mol. The lowest BCUT2D eigenvalue weighted by molar-refractivity contribution is -0.118. The van der Waals surface area contributed by atoms with Gasteiger partial charge >= 0.3 is 0 Å². The maximum absolute atomic E-state index is 10.6. The molecule has 0 aromatic heterocycles. The first kappa shape index (κ1) is 4.99. The Morgan fingerprint density at radius 2 is 2.00 bits per heavy atom. The molecule has 0 amide bonds. The molecule has 46 valence electrons. The van der Waals surface area contributed by atoms with Crippen LogP contribution in [0.3, 0.4) is 0 Å². The number of carbonyl (C=O) groups excluding carboxylic acids is 1. The van der Waals surface area contributed by atoms with Gasteiger partial charge in [-0.2, -0.15) is 0 Å². The summed E-state index contributed by atoms with van der Waals surface area (Å²) in [5.74, 6) is 1.30. The maximum atomic E-state index is 10.6. The lowest BCUT2D eigenvalue weighted by atomic mass is 10.2. The minimum absolute atomic E-state index is 0.225. The van der Waals surface area contributed by atoms with Crippen LogP contribution in [0.5, 0.6) is 0 Å². The number of Topliss-reactive ketones (excluding diaryl/α,β-unsaturated/α-hetero) is 1. The number of ketones is 1. The van der Waals surface area contributed by atoms with E-state index < -0.39 is 0 Å². The highest BCUT2D eigenvalue weighted by atomic mass is 16.1. The SMILES string of the molecule is [C-]#[N+]C1C2CC(=O)CC21. The predicted octanol–water partition coefficient (Wildman–Crippen LogP) is 0.883. The molecule has 0 bridgehead atoms. The molecule has 0 aliphatic heterocycles. The monoisotopic (exact) mass is 121 g/mol. The van der Waals surface area contributed by atoms with E-state index in [-0.39, 0.29) is 6.04 Å². The first-order valence-corrected chi connectivity index (χ1v) is 3.21. The van der Waals surface area contributed by atoms with Crippen molar-refractivity contribution in [3.63, 3.8) is 0 Å². The summed E-state index contributed by atoms with van der Waals surface area (Å²) in [7, 11) is 0. The van der Waals surface area contributed by atoms with Crippen molar-refractivity contribution in [3.05, 3.63) is 11.4 Å². The summed E-state index contributed by atoms with van der Waals surface area (Å²) in [6, 6.07) is 0.225. The second kappa shape index (κ2) is 1.36. The van der Waals surface area contributed by atoms with Gasteiger partial charge in [-0.1, -0.05) is 0 Å². The largest absolute Gasteiger partial charge is 0.313 e. The molecule has 9 heavy (non-hydrogen) atoms. The van der Waals surface area contributed by atoms with Gasteiger partial charge in [-0.05, 0) is 0 Å². The van der Waals surface area contributed by atoms with E-state index in [0.717, 1.165) is 0 Å². The van der Waals surface area contributed by atoms with Crippen LogP contribution in [0.25, 0.3) is 4.85 Å². The second-order valence-corrected chi connectivity index (χ2v) is 2.89. The van der Waals surface area contributed by atoms with Crippen molar-refractivity contribution in [1.82, 2.24) is 0 Å². The third-order valence-electron chi connectivity index (χ3n) is 2.36. The van der Waals surface area contributed by atoms with E-state index >= 15 is 0 Å². The average Bonchev–Trinajstić information content (AvgIpc) is 2.30. The Bertz CT molecular complexity index is 189. The summed E-state index contributed by atoms with van der Waals surface area (Å²) >= 11 is 0. The van der Waals surface area contributed by atoms with E-state index in [4.69, 9.17) is 6.57 Å². The normalized spacial score (nSPS) is 46.1. The fourth-order valence-electron chi connectivity index (χ4n) is 1.77. The van der Waals surface area contributed by atoms with E-state index in [2.05, 4.69) is 4.85 Å². The molecular weight excluding hydrogens is 114 g/mol. The van der Waals surface area contributed by atoms with Crippen LogP contribution in [0.2, 0.25) is 0 Å². The molecule has 2 atom stereocenters. The number of nitrogens with zero attached hydrogens (tertiary/aromatic N) is 1. The molecule has 0 N–H and O–H groups in total. The van der Waals surface area contributed by atoms with Crippen LogP contribution in [0.15, 0.2) is 0 Å². The van der Waals surface area contributed by atoms with Crippen LogP contribution in [-0.2, 0) is 4.79 Å². The molecule has 0 aromatic rings. The van der Waals surface area contributed by atoms with Gasteiger partial charge in [-0.25, -0.2) is 6.57 Å². The molecule has 2 unspecified atom stereocenters. The molecule has 0 radical (unpaired) electrons. The number of rotatable bonds is 0. The Labute approximate surface area is 53.7 Å². The summed E-state index contributed by atoms with van der Waals surface area (Å²) in [4.78, 5) is 14.1. The molecule has 2 nitrogen and oxygen atoms in total. The highest BCUT2D eigenvalue weighted by Gasteiger charge is 2.62. The summed E-state index contributed by atoms with van der Waals surface area (Å²) in [5.41, 5.74) is 0. The van der Waals surface area contributed by atoms with Gasteiger partial charge in [0.15, 0.2) is 0 Å². The molecule has 0 spiro atoms. The van der Waals surface area contributed by atoms with Gasteiger partial charge in [0.05, 0.1) is 11.8 Å². The predicted molar refractivity (Wildman–Crippen MR) is 31.6 cm³/mol. The minimum atomic E-state index is 0.225. The molecule has 2 saturated carbocycles. The van der Waals surface area contributed by atoms with Crippen molar-refractivity contribution in [2.45, 2.75) is 18.9 Å². The lowest BCUT2D eigenvalue weighted by Crippen LogP contribution is -1.97. The number of hydrogen-bond donors (Lipinski definition) is 0. The quantitative estimate of drug-likeness (QED) is 0.436. The van der Waals surface area contributed by atoms with Crippen molar-refractivity contribution in [2.75, 3.05) is 0 Å². The van der Waals surface area contributed by atoms with Gasteiger partial charge in [-0.3, -0.25) is 4.79 Å². The first-order valence-electron chi connectivity index (χ1n) is 3.21. The van der Waals surface area contributed by atoms with Gasteiger partial charge < -0.3 is 4.85 Å². The van der Waals surface area contributed by atoms with Crippen molar-refractivity contribution in [3.8, 4) is 0 Å². The van der Waals surface area contributed by atoms with Crippen LogP contribution in [-0.4, -0.2) is 11.8 Å². The van der Waals surface area contributed by atoms with Crippen LogP contribution >= 0.6 is 0 Å². The molecular formula is C7H7NO. The summed E-state index contributed by atoms with van der Waals surface area (Å²) < 4.78 is 0. The molecule has 0 aromatic carbocycles. The summed E-state index contributed by atoms with van der Waals surface area (Å²) in [5, 5.41) is 0. The summed E-state index contributed by atoms with van der Waals surface area (Å²) in [6.45, 7) is 6.70. The fraction of sp³-hybridized carbons (Fsp3) is 0.714. The smallest absolute Gasteiger partial charge is 0.231 e. The second-order valence-electron chi connectivity index (χ2n) is 2.89. The topological polar surface area (TPSA) is 21.4 Å². The van der Waals surface area contributed by atoms with Crippen LogP contribution in [0, 0.1) is 18.4 Å². The molecule has 2 heteroatoms. The van der Waals surface area contributed by atoms with Crippen molar-refractivity contribution >= 4 is 5.78 Å². The third-order valence-corrected chi connectivity index (χ3v) is 2.36.